The van der Waals surface area contributed by atoms with E-state index >= 15 is 0 Å². The van der Waals surface area contributed by atoms with Crippen LogP contribution in [0.3, 0.4) is 0 Å². The molecule has 2 heterocycles. The number of nitrogens with zero attached hydrogens (tertiary/aromatic N) is 2. The van der Waals surface area contributed by atoms with Gasteiger partial charge in [0, 0.05) is 28.3 Å². The molecule has 146 valence electrons. The van der Waals surface area contributed by atoms with Crippen molar-refractivity contribution in [3.8, 4) is 32.8 Å². The van der Waals surface area contributed by atoms with Crippen molar-refractivity contribution in [2.75, 3.05) is 0 Å². The molecule has 0 radical (unpaired) electrons. The number of benzene rings is 4. The summed E-state index contributed by atoms with van der Waals surface area (Å²) in [6.07, 6.45) is 1.86. The zero-order chi connectivity index (χ0) is 20.6. The van der Waals surface area contributed by atoms with Crippen molar-refractivity contribution in [3.63, 3.8) is 0 Å². The maximum absolute atomic E-state index is 5.06. The molecule has 31 heavy (non-hydrogen) atoms. The van der Waals surface area contributed by atoms with Crippen molar-refractivity contribution in [2.45, 2.75) is 0 Å². The van der Waals surface area contributed by atoms with Crippen molar-refractivity contribution in [1.29, 1.82) is 0 Å². The van der Waals surface area contributed by atoms with E-state index in [4.69, 9.17) is 4.98 Å². The van der Waals surface area contributed by atoms with Crippen molar-refractivity contribution < 1.29 is 0 Å². The highest BCUT2D eigenvalue weighted by Crippen LogP contribution is 2.40. The molecule has 0 N–H and O–H groups in total. The van der Waals surface area contributed by atoms with Gasteiger partial charge in [-0.1, -0.05) is 84.9 Å². The lowest BCUT2D eigenvalue weighted by Gasteiger charge is -2.10. The standard InChI is InChI=1S/C28H18N2S/c1-3-9-19(10-4-1)24-17-22(23-15-7-13-20-14-8-16-29-26(20)23)18-25-27(24)30-28(31-25)21-11-5-2-6-12-21/h1-18H. The zero-order valence-corrected chi connectivity index (χ0v) is 17.5. The molecule has 0 amide bonds. The van der Waals surface area contributed by atoms with E-state index in [0.717, 1.165) is 38.1 Å². The van der Waals surface area contributed by atoms with Crippen LogP contribution in [0.5, 0.6) is 0 Å². The minimum absolute atomic E-state index is 1.02. The van der Waals surface area contributed by atoms with E-state index in [1.54, 1.807) is 11.3 Å². The SMILES string of the molecule is c1ccc(-c2nc3c(-c4ccccc4)cc(-c4cccc5cccnc45)cc3s2)cc1. The van der Waals surface area contributed by atoms with Gasteiger partial charge in [-0.15, -0.1) is 11.3 Å². The fourth-order valence-electron chi connectivity index (χ4n) is 4.06. The van der Waals surface area contributed by atoms with Crippen molar-refractivity contribution in [1.82, 2.24) is 9.97 Å². The summed E-state index contributed by atoms with van der Waals surface area (Å²) in [4.78, 5) is 9.74. The zero-order valence-electron chi connectivity index (χ0n) is 16.7. The molecule has 2 aromatic heterocycles. The van der Waals surface area contributed by atoms with Gasteiger partial charge in [-0.2, -0.15) is 0 Å². The smallest absolute Gasteiger partial charge is 0.124 e. The van der Waals surface area contributed by atoms with E-state index in [-0.39, 0.29) is 0 Å². The van der Waals surface area contributed by atoms with Gasteiger partial charge >= 0.3 is 0 Å². The van der Waals surface area contributed by atoms with Gasteiger partial charge in [-0.25, -0.2) is 4.98 Å². The Bertz CT molecular complexity index is 1510. The fourth-order valence-corrected chi connectivity index (χ4v) is 5.10. The Morgan fingerprint density at radius 2 is 1.29 bits per heavy atom. The molecule has 0 bridgehead atoms. The van der Waals surface area contributed by atoms with E-state index < -0.39 is 0 Å². The van der Waals surface area contributed by atoms with Crippen LogP contribution >= 0.6 is 11.3 Å². The molecule has 0 saturated heterocycles. The molecule has 6 aromatic rings. The minimum Gasteiger partial charge on any atom is -0.256 e. The number of aromatic nitrogens is 2. The second kappa shape index (κ2) is 7.46. The van der Waals surface area contributed by atoms with Gasteiger partial charge in [0.05, 0.1) is 15.7 Å². The molecular formula is C28H18N2S. The van der Waals surface area contributed by atoms with Crippen LogP contribution in [0.4, 0.5) is 0 Å². The predicted molar refractivity (Wildman–Crippen MR) is 131 cm³/mol. The number of fused-ring (bicyclic) bond motifs is 2. The Kier molecular flexibility index (Phi) is 4.33. The van der Waals surface area contributed by atoms with Crippen LogP contribution in [0.15, 0.2) is 109 Å². The van der Waals surface area contributed by atoms with Gasteiger partial charge in [0.15, 0.2) is 0 Å². The maximum Gasteiger partial charge on any atom is 0.124 e. The summed E-state index contributed by atoms with van der Waals surface area (Å²) >= 11 is 1.74. The van der Waals surface area contributed by atoms with E-state index in [1.165, 1.54) is 15.8 Å². The summed E-state index contributed by atoms with van der Waals surface area (Å²) in [5.41, 5.74) is 7.86. The minimum atomic E-state index is 1.02. The van der Waals surface area contributed by atoms with Gasteiger partial charge < -0.3 is 0 Å². The number of thiazole rings is 1. The largest absolute Gasteiger partial charge is 0.256 e. The molecule has 0 saturated carbocycles. The summed E-state index contributed by atoms with van der Waals surface area (Å²) in [7, 11) is 0. The quantitative estimate of drug-likeness (QED) is 0.295. The topological polar surface area (TPSA) is 25.8 Å². The Morgan fingerprint density at radius 1 is 0.548 bits per heavy atom. The maximum atomic E-state index is 5.06. The van der Waals surface area contributed by atoms with Crippen molar-refractivity contribution in [3.05, 3.63) is 109 Å². The monoisotopic (exact) mass is 414 g/mol. The Morgan fingerprint density at radius 3 is 2.10 bits per heavy atom. The van der Waals surface area contributed by atoms with Crippen LogP contribution in [0.1, 0.15) is 0 Å². The summed E-state index contributed by atoms with van der Waals surface area (Å²) < 4.78 is 1.18. The second-order valence-electron chi connectivity index (χ2n) is 7.50. The Balaban J connectivity index is 1.65. The van der Waals surface area contributed by atoms with Crippen LogP contribution in [0, 0.1) is 0 Å². The van der Waals surface area contributed by atoms with Crippen LogP contribution in [-0.4, -0.2) is 9.97 Å². The third-order valence-electron chi connectivity index (χ3n) is 5.54. The summed E-state index contributed by atoms with van der Waals surface area (Å²) in [5, 5.41) is 2.19. The Hall–Kier alpha value is -3.82. The molecule has 0 aliphatic heterocycles. The third-order valence-corrected chi connectivity index (χ3v) is 6.60. The van der Waals surface area contributed by atoms with Gasteiger partial charge in [0.25, 0.3) is 0 Å². The number of hydrogen-bond acceptors (Lipinski definition) is 3. The molecule has 0 atom stereocenters. The number of pyridine rings is 1. The van der Waals surface area contributed by atoms with Gasteiger partial charge in [0.2, 0.25) is 0 Å². The van der Waals surface area contributed by atoms with Crippen LogP contribution in [0.25, 0.3) is 53.9 Å². The first-order valence-corrected chi connectivity index (χ1v) is 11.1. The third kappa shape index (κ3) is 3.20. The van der Waals surface area contributed by atoms with E-state index in [1.807, 2.05) is 18.3 Å². The van der Waals surface area contributed by atoms with Gasteiger partial charge in [-0.05, 0) is 29.3 Å². The lowest BCUT2D eigenvalue weighted by molar-refractivity contribution is 1.41. The molecule has 0 aliphatic carbocycles. The molecule has 0 aliphatic rings. The second-order valence-corrected chi connectivity index (χ2v) is 8.53. The average Bonchev–Trinajstić information content (AvgIpc) is 3.28. The number of rotatable bonds is 3. The first kappa shape index (κ1) is 18.0. The first-order valence-electron chi connectivity index (χ1n) is 10.3. The van der Waals surface area contributed by atoms with Crippen LogP contribution in [-0.2, 0) is 0 Å². The lowest BCUT2D eigenvalue weighted by atomic mass is 9.96. The highest BCUT2D eigenvalue weighted by Gasteiger charge is 2.15. The van der Waals surface area contributed by atoms with E-state index in [0.29, 0.717) is 0 Å². The van der Waals surface area contributed by atoms with E-state index in [9.17, 15) is 0 Å². The number of hydrogen-bond donors (Lipinski definition) is 0. The average molecular weight is 415 g/mol. The van der Waals surface area contributed by atoms with E-state index in [2.05, 4.69) is 96.0 Å². The lowest BCUT2D eigenvalue weighted by Crippen LogP contribution is -1.87. The molecule has 0 fully saturated rings. The summed E-state index contributed by atoms with van der Waals surface area (Å²) in [5.74, 6) is 0. The fraction of sp³-hybridized carbons (Fsp3) is 0. The highest BCUT2D eigenvalue weighted by molar-refractivity contribution is 7.21. The molecule has 6 rings (SSSR count). The molecule has 0 unspecified atom stereocenters. The molecule has 0 spiro atoms. The normalized spacial score (nSPS) is 11.2. The van der Waals surface area contributed by atoms with Gasteiger partial charge in [0.1, 0.15) is 5.01 Å². The number of para-hydroxylation sites is 1. The van der Waals surface area contributed by atoms with Crippen molar-refractivity contribution >= 4 is 32.5 Å². The molecule has 2 nitrogen and oxygen atoms in total. The van der Waals surface area contributed by atoms with Crippen LogP contribution in [0.2, 0.25) is 0 Å². The first-order chi connectivity index (χ1) is 15.4. The Labute approximate surface area is 184 Å². The van der Waals surface area contributed by atoms with Crippen molar-refractivity contribution in [2.24, 2.45) is 0 Å². The molecular weight excluding hydrogens is 396 g/mol. The molecule has 4 aromatic carbocycles. The summed E-state index contributed by atoms with van der Waals surface area (Å²) in [6.45, 7) is 0. The predicted octanol–water partition coefficient (Wildman–Crippen LogP) is 7.85. The van der Waals surface area contributed by atoms with Crippen LogP contribution < -0.4 is 0 Å². The highest BCUT2D eigenvalue weighted by atomic mass is 32.1. The summed E-state index contributed by atoms with van der Waals surface area (Å²) in [6, 6.07) is 35.9. The van der Waals surface area contributed by atoms with Gasteiger partial charge in [-0.3, -0.25) is 4.98 Å². The molecule has 3 heteroatoms.